The third kappa shape index (κ3) is 2.59. The van der Waals surface area contributed by atoms with Crippen molar-refractivity contribution in [2.45, 2.75) is 45.8 Å². The van der Waals surface area contributed by atoms with Gasteiger partial charge in [-0.25, -0.2) is 4.98 Å². The number of anilines is 1. The van der Waals surface area contributed by atoms with Crippen molar-refractivity contribution in [1.82, 2.24) is 9.88 Å². The van der Waals surface area contributed by atoms with E-state index in [1.807, 2.05) is 0 Å². The van der Waals surface area contributed by atoms with Crippen molar-refractivity contribution in [3.63, 3.8) is 0 Å². The smallest absolute Gasteiger partial charge is 0.185 e. The molecule has 4 nitrogen and oxygen atoms in total. The molecule has 112 valence electrons. The Kier molecular flexibility index (Phi) is 3.55. The Morgan fingerprint density at radius 1 is 1.35 bits per heavy atom. The number of rotatable bonds is 1. The largest absolute Gasteiger partial charge is 0.387 e. The Morgan fingerprint density at radius 2 is 2.10 bits per heavy atom. The van der Waals surface area contributed by atoms with Crippen molar-refractivity contribution in [1.29, 1.82) is 0 Å². The molecule has 0 radical (unpaired) electrons. The van der Waals surface area contributed by atoms with E-state index in [-0.39, 0.29) is 11.5 Å². The van der Waals surface area contributed by atoms with Crippen LogP contribution in [0.2, 0.25) is 0 Å². The molecular weight excluding hydrogens is 270 g/mol. The van der Waals surface area contributed by atoms with Gasteiger partial charge in [0.25, 0.3) is 0 Å². The molecule has 1 aliphatic carbocycles. The highest BCUT2D eigenvalue weighted by Crippen LogP contribution is 2.44. The molecule has 2 aliphatic rings. The Labute approximate surface area is 125 Å². The second-order valence-corrected chi connectivity index (χ2v) is 8.15. The van der Waals surface area contributed by atoms with Gasteiger partial charge in [-0.3, -0.25) is 0 Å². The van der Waals surface area contributed by atoms with Gasteiger partial charge in [0.1, 0.15) is 0 Å². The summed E-state index contributed by atoms with van der Waals surface area (Å²) in [6, 6.07) is 0.561. The number of likely N-dealkylation sites (N-methyl/N-ethyl adjacent to an activating group) is 1. The van der Waals surface area contributed by atoms with E-state index < -0.39 is 0 Å². The number of hydrogen-bond donors (Lipinski definition) is 1. The Hall–Kier alpha value is -0.650. The minimum atomic E-state index is -0.329. The molecule has 0 bridgehead atoms. The van der Waals surface area contributed by atoms with E-state index in [1.165, 1.54) is 0 Å². The van der Waals surface area contributed by atoms with Gasteiger partial charge in [-0.2, -0.15) is 0 Å². The number of piperazine rings is 1. The number of nitrogens with zero attached hydrogens (tertiary/aromatic N) is 3. The average Bonchev–Trinajstić information content (AvgIpc) is 2.75. The predicted molar refractivity (Wildman–Crippen MR) is 83.5 cm³/mol. The Balaban J connectivity index is 1.83. The molecule has 20 heavy (non-hydrogen) atoms. The zero-order valence-corrected chi connectivity index (χ0v) is 13.7. The lowest BCUT2D eigenvalue weighted by Gasteiger charge is -2.37. The quantitative estimate of drug-likeness (QED) is 0.863. The number of hydrogen-bond acceptors (Lipinski definition) is 5. The maximum Gasteiger partial charge on any atom is 0.185 e. The molecular formula is C15H25N3OS. The molecule has 2 heterocycles. The highest BCUT2D eigenvalue weighted by atomic mass is 32.1. The van der Waals surface area contributed by atoms with Crippen molar-refractivity contribution in [2.24, 2.45) is 5.41 Å². The van der Waals surface area contributed by atoms with E-state index >= 15 is 0 Å². The van der Waals surface area contributed by atoms with E-state index in [0.29, 0.717) is 6.04 Å². The first-order valence-corrected chi connectivity index (χ1v) is 8.30. The maximum absolute atomic E-state index is 10.3. The lowest BCUT2D eigenvalue weighted by atomic mass is 9.77. The van der Waals surface area contributed by atoms with Crippen molar-refractivity contribution in [3.05, 3.63) is 10.6 Å². The second-order valence-electron chi connectivity index (χ2n) is 7.14. The Bertz CT molecular complexity index is 499. The molecule has 0 spiro atoms. The molecule has 1 aromatic rings. The van der Waals surface area contributed by atoms with Crippen molar-refractivity contribution in [3.8, 4) is 0 Å². The summed E-state index contributed by atoms with van der Waals surface area (Å²) >= 11 is 1.70. The van der Waals surface area contributed by atoms with E-state index in [2.05, 4.69) is 37.6 Å². The fraction of sp³-hybridized carbons (Fsp3) is 0.800. The summed E-state index contributed by atoms with van der Waals surface area (Å²) in [4.78, 5) is 10.7. The number of aliphatic hydroxyl groups is 1. The molecule has 0 amide bonds. The molecule has 1 saturated heterocycles. The van der Waals surface area contributed by atoms with Crippen LogP contribution in [0.25, 0.3) is 0 Å². The molecule has 3 rings (SSSR count). The summed E-state index contributed by atoms with van der Waals surface area (Å²) in [5, 5.41) is 11.4. The van der Waals surface area contributed by atoms with Crippen LogP contribution in [0.3, 0.4) is 0 Å². The van der Waals surface area contributed by atoms with Crippen molar-refractivity contribution < 1.29 is 5.11 Å². The summed E-state index contributed by atoms with van der Waals surface area (Å²) in [5.41, 5.74) is 1.29. The van der Waals surface area contributed by atoms with Gasteiger partial charge in [-0.05, 0) is 32.2 Å². The molecule has 1 fully saturated rings. The van der Waals surface area contributed by atoms with Crippen LogP contribution in [-0.2, 0) is 6.42 Å². The number of thiazole rings is 1. The lowest BCUT2D eigenvalue weighted by Crippen LogP contribution is -2.50. The number of aliphatic hydroxyl groups excluding tert-OH is 1. The Morgan fingerprint density at radius 3 is 2.80 bits per heavy atom. The normalized spacial score (nSPS) is 30.4. The van der Waals surface area contributed by atoms with E-state index in [9.17, 15) is 5.11 Å². The van der Waals surface area contributed by atoms with Gasteiger partial charge in [-0.15, -0.1) is 0 Å². The van der Waals surface area contributed by atoms with Gasteiger partial charge in [0.15, 0.2) is 5.13 Å². The molecule has 5 heteroatoms. The third-order valence-electron chi connectivity index (χ3n) is 4.64. The van der Waals surface area contributed by atoms with Crippen LogP contribution in [0.4, 0.5) is 5.13 Å². The van der Waals surface area contributed by atoms with Crippen molar-refractivity contribution >= 4 is 16.5 Å². The second kappa shape index (κ2) is 4.97. The van der Waals surface area contributed by atoms with Crippen LogP contribution in [-0.4, -0.2) is 47.7 Å². The van der Waals surface area contributed by atoms with E-state index in [4.69, 9.17) is 4.98 Å². The molecule has 0 saturated carbocycles. The standard InChI is InChI=1S/C15H25N3OS/c1-10-9-18(6-5-17(10)4)14-16-11-7-15(2,3)8-12(19)13(11)20-14/h10,12,19H,5-9H2,1-4H3. The topological polar surface area (TPSA) is 39.6 Å². The minimum Gasteiger partial charge on any atom is -0.387 e. The first-order valence-electron chi connectivity index (χ1n) is 7.48. The number of fused-ring (bicyclic) bond motifs is 1. The predicted octanol–water partition coefficient (Wildman–Crippen LogP) is 2.29. The average molecular weight is 295 g/mol. The first kappa shape index (κ1) is 14.3. The van der Waals surface area contributed by atoms with Crippen LogP contribution in [0.15, 0.2) is 0 Å². The number of aromatic nitrogens is 1. The minimum absolute atomic E-state index is 0.160. The fourth-order valence-electron chi connectivity index (χ4n) is 3.24. The third-order valence-corrected chi connectivity index (χ3v) is 5.90. The van der Waals surface area contributed by atoms with Crippen LogP contribution < -0.4 is 4.90 Å². The molecule has 1 aromatic heterocycles. The molecule has 0 aromatic carbocycles. The summed E-state index contributed by atoms with van der Waals surface area (Å²) in [7, 11) is 2.18. The van der Waals surface area contributed by atoms with Crippen molar-refractivity contribution in [2.75, 3.05) is 31.6 Å². The lowest BCUT2D eigenvalue weighted by molar-refractivity contribution is 0.102. The maximum atomic E-state index is 10.3. The zero-order valence-electron chi connectivity index (χ0n) is 12.9. The zero-order chi connectivity index (χ0) is 14.5. The summed E-state index contributed by atoms with van der Waals surface area (Å²) < 4.78 is 0. The van der Waals surface area contributed by atoms with Gasteiger partial charge in [0, 0.05) is 25.7 Å². The molecule has 2 unspecified atom stereocenters. The molecule has 2 atom stereocenters. The van der Waals surface area contributed by atoms with E-state index in [1.54, 1.807) is 11.3 Å². The first-order chi connectivity index (χ1) is 9.35. The van der Waals surface area contributed by atoms with Crippen LogP contribution in [0.5, 0.6) is 0 Å². The van der Waals surface area contributed by atoms with Gasteiger partial charge in [0.2, 0.25) is 0 Å². The SMILES string of the molecule is CC1CN(c2nc3c(s2)C(O)CC(C)(C)C3)CCN1C. The van der Waals surface area contributed by atoms with Crippen LogP contribution in [0, 0.1) is 5.41 Å². The summed E-state index contributed by atoms with van der Waals surface area (Å²) in [5.74, 6) is 0. The monoisotopic (exact) mass is 295 g/mol. The highest BCUT2D eigenvalue weighted by molar-refractivity contribution is 7.15. The van der Waals surface area contributed by atoms with E-state index in [0.717, 1.165) is 48.2 Å². The highest BCUT2D eigenvalue weighted by Gasteiger charge is 2.35. The summed E-state index contributed by atoms with van der Waals surface area (Å²) in [6.07, 6.45) is 1.50. The van der Waals surface area contributed by atoms with Crippen LogP contribution in [0.1, 0.15) is 43.9 Å². The van der Waals surface area contributed by atoms with Crippen LogP contribution >= 0.6 is 11.3 Å². The van der Waals surface area contributed by atoms with Gasteiger partial charge >= 0.3 is 0 Å². The summed E-state index contributed by atoms with van der Waals surface area (Å²) in [6.45, 7) is 9.85. The molecule has 1 aliphatic heterocycles. The van der Waals surface area contributed by atoms with Gasteiger partial charge < -0.3 is 14.9 Å². The molecule has 1 N–H and O–H groups in total. The van der Waals surface area contributed by atoms with Gasteiger partial charge in [0.05, 0.1) is 16.7 Å². The van der Waals surface area contributed by atoms with Gasteiger partial charge in [-0.1, -0.05) is 25.2 Å². The fourth-order valence-corrected chi connectivity index (χ4v) is 4.34.